The number of rotatable bonds is 2. The van der Waals surface area contributed by atoms with Crippen LogP contribution >= 0.6 is 0 Å². The first-order valence-corrected chi connectivity index (χ1v) is 6.70. The fraction of sp³-hybridized carbons (Fsp3) is 0.333. The van der Waals surface area contributed by atoms with Crippen LogP contribution in [0.15, 0.2) is 35.2 Å². The number of nitrogens with one attached hydrogen (secondary N) is 1. The molecule has 6 nitrogen and oxygen atoms in total. The van der Waals surface area contributed by atoms with Crippen LogP contribution in [0.4, 0.5) is 0 Å². The van der Waals surface area contributed by atoms with E-state index in [4.69, 9.17) is 9.83 Å². The van der Waals surface area contributed by atoms with Gasteiger partial charge in [-0.15, -0.1) is 0 Å². The first kappa shape index (κ1) is 13.5. The molecule has 2 aromatic rings. The van der Waals surface area contributed by atoms with Gasteiger partial charge in [0.2, 0.25) is 5.91 Å². The van der Waals surface area contributed by atoms with Crippen LogP contribution in [0.5, 0.6) is 0 Å². The van der Waals surface area contributed by atoms with Crippen molar-refractivity contribution in [1.82, 2.24) is 14.9 Å². The summed E-state index contributed by atoms with van der Waals surface area (Å²) in [6.45, 7) is 1.95. The van der Waals surface area contributed by atoms with E-state index >= 15 is 0 Å². The Hall–Kier alpha value is -2.50. The molecule has 1 N–H and O–H groups in total. The van der Waals surface area contributed by atoms with Crippen LogP contribution in [-0.4, -0.2) is 33.7 Å². The summed E-state index contributed by atoms with van der Waals surface area (Å²) < 4.78 is 5.33. The third-order valence-electron chi connectivity index (χ3n) is 3.90. The molecule has 1 saturated heterocycles. The van der Waals surface area contributed by atoms with Gasteiger partial charge in [0, 0.05) is 31.5 Å². The molecule has 0 spiro atoms. The predicted molar refractivity (Wildman–Crippen MR) is 76.8 cm³/mol. The molecule has 3 heterocycles. The van der Waals surface area contributed by atoms with E-state index in [2.05, 4.69) is 9.97 Å². The van der Waals surface area contributed by atoms with E-state index in [0.29, 0.717) is 35.8 Å². The molecule has 1 aliphatic rings. The molecular formula is C15H16N4O2. The van der Waals surface area contributed by atoms with Crippen molar-refractivity contribution in [1.29, 1.82) is 5.41 Å². The number of hydrogen-bond acceptors (Lipinski definition) is 5. The van der Waals surface area contributed by atoms with Crippen LogP contribution < -0.4 is 0 Å². The lowest BCUT2D eigenvalue weighted by Gasteiger charge is -2.36. The number of furan rings is 1. The Kier molecular flexibility index (Phi) is 3.08. The SMILES string of the molecule is CN1C(=N)C[C@](C)(c2cncc(-c3ccco3)n2)CC1=O. The molecule has 3 rings (SSSR count). The number of hydrogen-bond donors (Lipinski definition) is 1. The van der Waals surface area contributed by atoms with E-state index in [1.807, 2.05) is 13.0 Å². The van der Waals surface area contributed by atoms with Gasteiger partial charge in [-0.05, 0) is 12.1 Å². The summed E-state index contributed by atoms with van der Waals surface area (Å²) in [7, 11) is 1.63. The molecule has 0 radical (unpaired) electrons. The van der Waals surface area contributed by atoms with Gasteiger partial charge in [0.1, 0.15) is 11.5 Å². The van der Waals surface area contributed by atoms with E-state index in [1.54, 1.807) is 31.8 Å². The Labute approximate surface area is 122 Å². The highest BCUT2D eigenvalue weighted by molar-refractivity contribution is 6.00. The van der Waals surface area contributed by atoms with Crippen molar-refractivity contribution in [3.05, 3.63) is 36.5 Å². The quantitative estimate of drug-likeness (QED) is 0.916. The lowest BCUT2D eigenvalue weighted by atomic mass is 9.77. The third kappa shape index (κ3) is 2.33. The zero-order valence-electron chi connectivity index (χ0n) is 12.0. The van der Waals surface area contributed by atoms with Crippen molar-refractivity contribution in [2.24, 2.45) is 0 Å². The lowest BCUT2D eigenvalue weighted by molar-refractivity contribution is -0.129. The fourth-order valence-corrected chi connectivity index (χ4v) is 2.53. The molecule has 0 saturated carbocycles. The number of piperidine rings is 1. The first-order chi connectivity index (χ1) is 9.99. The van der Waals surface area contributed by atoms with Crippen LogP contribution in [0.25, 0.3) is 11.5 Å². The number of likely N-dealkylation sites (tertiary alicyclic amines) is 1. The molecule has 1 aliphatic heterocycles. The highest BCUT2D eigenvalue weighted by Crippen LogP contribution is 2.35. The summed E-state index contributed by atoms with van der Waals surface area (Å²) in [5.41, 5.74) is 0.843. The third-order valence-corrected chi connectivity index (χ3v) is 3.90. The molecule has 0 unspecified atom stereocenters. The van der Waals surface area contributed by atoms with Crippen LogP contribution in [0.2, 0.25) is 0 Å². The molecule has 0 bridgehead atoms. The normalized spacial score (nSPS) is 22.7. The largest absolute Gasteiger partial charge is 0.463 e. The number of amidine groups is 1. The van der Waals surface area contributed by atoms with Crippen LogP contribution in [0.3, 0.4) is 0 Å². The number of aromatic nitrogens is 2. The highest BCUT2D eigenvalue weighted by Gasteiger charge is 2.39. The Morgan fingerprint density at radius 1 is 1.38 bits per heavy atom. The maximum absolute atomic E-state index is 12.0. The number of carbonyl (C=O) groups excluding carboxylic acids is 1. The molecule has 6 heteroatoms. The van der Waals surface area contributed by atoms with Crippen molar-refractivity contribution in [3.63, 3.8) is 0 Å². The lowest BCUT2D eigenvalue weighted by Crippen LogP contribution is -2.46. The second-order valence-electron chi connectivity index (χ2n) is 5.58. The van der Waals surface area contributed by atoms with Gasteiger partial charge in [0.05, 0.1) is 18.2 Å². The average molecular weight is 284 g/mol. The molecule has 108 valence electrons. The maximum Gasteiger partial charge on any atom is 0.228 e. The smallest absolute Gasteiger partial charge is 0.228 e. The Balaban J connectivity index is 1.98. The van der Waals surface area contributed by atoms with Gasteiger partial charge in [-0.2, -0.15) is 0 Å². The van der Waals surface area contributed by atoms with Crippen molar-refractivity contribution in [2.75, 3.05) is 7.05 Å². The summed E-state index contributed by atoms with van der Waals surface area (Å²) in [6, 6.07) is 3.61. The molecule has 0 aromatic carbocycles. The summed E-state index contributed by atoms with van der Waals surface area (Å²) in [5.74, 6) is 0.875. The van der Waals surface area contributed by atoms with Crippen LogP contribution in [0, 0.1) is 5.41 Å². The number of nitrogens with zero attached hydrogens (tertiary/aromatic N) is 3. The zero-order valence-corrected chi connectivity index (χ0v) is 12.0. The monoisotopic (exact) mass is 284 g/mol. The summed E-state index contributed by atoms with van der Waals surface area (Å²) in [5, 5.41) is 7.96. The Bertz CT molecular complexity index is 675. The van der Waals surface area contributed by atoms with Crippen molar-refractivity contribution < 1.29 is 9.21 Å². The van der Waals surface area contributed by atoms with Crippen LogP contribution in [0.1, 0.15) is 25.5 Å². The van der Waals surface area contributed by atoms with Crippen molar-refractivity contribution in [2.45, 2.75) is 25.2 Å². The highest BCUT2D eigenvalue weighted by atomic mass is 16.3. The maximum atomic E-state index is 12.0. The van der Waals surface area contributed by atoms with Gasteiger partial charge in [0.15, 0.2) is 5.76 Å². The number of amides is 1. The van der Waals surface area contributed by atoms with E-state index in [1.165, 1.54) is 4.90 Å². The standard InChI is InChI=1S/C15H16N4O2/c1-15(6-13(16)19(2)14(20)7-15)12-9-17-8-10(18-12)11-4-3-5-21-11/h3-5,8-9,16H,6-7H2,1-2H3/t15-/m0/s1. The minimum absolute atomic E-state index is 0.0704. The molecule has 2 aromatic heterocycles. The van der Waals surface area contributed by atoms with E-state index in [-0.39, 0.29) is 5.91 Å². The minimum Gasteiger partial charge on any atom is -0.463 e. The van der Waals surface area contributed by atoms with Crippen molar-refractivity contribution in [3.8, 4) is 11.5 Å². The van der Waals surface area contributed by atoms with Crippen molar-refractivity contribution >= 4 is 11.7 Å². The molecular weight excluding hydrogens is 268 g/mol. The van der Waals surface area contributed by atoms with Gasteiger partial charge in [-0.25, -0.2) is 4.98 Å². The Morgan fingerprint density at radius 3 is 2.86 bits per heavy atom. The zero-order chi connectivity index (χ0) is 15.0. The van der Waals surface area contributed by atoms with Gasteiger partial charge in [-0.3, -0.25) is 15.2 Å². The topological polar surface area (TPSA) is 83.1 Å². The second-order valence-corrected chi connectivity index (χ2v) is 5.58. The van der Waals surface area contributed by atoms with Crippen LogP contribution in [-0.2, 0) is 10.2 Å². The average Bonchev–Trinajstić information content (AvgIpc) is 2.99. The van der Waals surface area contributed by atoms with Gasteiger partial charge in [-0.1, -0.05) is 6.92 Å². The van der Waals surface area contributed by atoms with Gasteiger partial charge < -0.3 is 9.32 Å². The van der Waals surface area contributed by atoms with E-state index in [0.717, 1.165) is 0 Å². The number of carbonyl (C=O) groups is 1. The summed E-state index contributed by atoms with van der Waals surface area (Å²) >= 11 is 0. The summed E-state index contributed by atoms with van der Waals surface area (Å²) in [4.78, 5) is 22.2. The molecule has 21 heavy (non-hydrogen) atoms. The summed E-state index contributed by atoms with van der Waals surface area (Å²) in [6.07, 6.45) is 5.67. The molecule has 1 atom stereocenters. The van der Waals surface area contributed by atoms with E-state index < -0.39 is 5.41 Å². The fourth-order valence-electron chi connectivity index (χ4n) is 2.53. The minimum atomic E-state index is -0.504. The Morgan fingerprint density at radius 2 is 2.19 bits per heavy atom. The first-order valence-electron chi connectivity index (χ1n) is 6.70. The molecule has 1 amide bonds. The van der Waals surface area contributed by atoms with E-state index in [9.17, 15) is 4.79 Å². The van der Waals surface area contributed by atoms with Gasteiger partial charge in [0.25, 0.3) is 0 Å². The predicted octanol–water partition coefficient (Wildman–Crippen LogP) is 2.22. The van der Waals surface area contributed by atoms with Gasteiger partial charge >= 0.3 is 0 Å². The molecule has 1 fully saturated rings. The second kappa shape index (κ2) is 4.80. The molecule has 0 aliphatic carbocycles.